The predicted octanol–water partition coefficient (Wildman–Crippen LogP) is 2.74. The molecule has 1 heterocycles. The van der Waals surface area contributed by atoms with Gasteiger partial charge in [0, 0.05) is 16.6 Å². The molecule has 0 fully saturated rings. The summed E-state index contributed by atoms with van der Waals surface area (Å²) in [5.41, 5.74) is 0.795. The number of anilines is 1. The number of carbonyl (C=O) groups is 4. The van der Waals surface area contributed by atoms with Gasteiger partial charge < -0.3 is 5.32 Å². The molecular formula is C15H8Cl3N3O4. The molecule has 25 heavy (non-hydrogen) atoms. The number of carbonyl (C=O) groups excluding carboxylic acids is 4. The minimum Gasteiger partial charge on any atom is -0.308 e. The molecule has 0 atom stereocenters. The highest BCUT2D eigenvalue weighted by molar-refractivity contribution is 6.76. The van der Waals surface area contributed by atoms with Crippen LogP contribution in [0.25, 0.3) is 10.8 Å². The second-order valence-electron chi connectivity index (χ2n) is 5.12. The van der Waals surface area contributed by atoms with Crippen molar-refractivity contribution in [1.29, 1.82) is 0 Å². The monoisotopic (exact) mass is 399 g/mol. The van der Waals surface area contributed by atoms with Crippen LogP contribution in [0.4, 0.5) is 10.5 Å². The van der Waals surface area contributed by atoms with Gasteiger partial charge in [-0.2, -0.15) is 0 Å². The largest absolute Gasteiger partial charge is 0.326 e. The van der Waals surface area contributed by atoms with Gasteiger partial charge in [0.2, 0.25) is 0 Å². The van der Waals surface area contributed by atoms with Crippen molar-refractivity contribution in [2.45, 2.75) is 3.79 Å². The summed E-state index contributed by atoms with van der Waals surface area (Å²) < 4.78 is -2.29. The first-order valence-corrected chi connectivity index (χ1v) is 7.92. The molecule has 0 unspecified atom stereocenters. The van der Waals surface area contributed by atoms with Crippen LogP contribution in [-0.4, -0.2) is 27.5 Å². The van der Waals surface area contributed by atoms with Crippen LogP contribution in [0.15, 0.2) is 30.3 Å². The average molecular weight is 401 g/mol. The number of rotatable bonds is 1. The lowest BCUT2D eigenvalue weighted by Crippen LogP contribution is -2.41. The molecule has 0 spiro atoms. The molecule has 10 heteroatoms. The summed E-state index contributed by atoms with van der Waals surface area (Å²) in [4.78, 5) is 47.3. The summed E-state index contributed by atoms with van der Waals surface area (Å²) in [5, 5.41) is 7.51. The third-order valence-corrected chi connectivity index (χ3v) is 3.95. The third-order valence-electron chi connectivity index (χ3n) is 3.44. The molecule has 5 amide bonds. The van der Waals surface area contributed by atoms with Gasteiger partial charge in [-0.3, -0.25) is 25.0 Å². The van der Waals surface area contributed by atoms with Crippen molar-refractivity contribution >= 4 is 75.0 Å². The molecule has 3 N–H and O–H groups in total. The first-order valence-electron chi connectivity index (χ1n) is 6.78. The molecule has 2 aromatic carbocycles. The summed E-state index contributed by atoms with van der Waals surface area (Å²) in [7, 11) is 0. The van der Waals surface area contributed by atoms with Crippen molar-refractivity contribution in [3.63, 3.8) is 0 Å². The number of hydrogen-bond donors (Lipinski definition) is 3. The van der Waals surface area contributed by atoms with Crippen LogP contribution in [0.2, 0.25) is 0 Å². The fourth-order valence-corrected chi connectivity index (χ4v) is 2.58. The molecule has 128 valence electrons. The van der Waals surface area contributed by atoms with Gasteiger partial charge in [0.05, 0.1) is 5.56 Å². The van der Waals surface area contributed by atoms with E-state index in [1.165, 1.54) is 6.07 Å². The summed E-state index contributed by atoms with van der Waals surface area (Å²) in [6.07, 6.45) is 0. The fourth-order valence-electron chi connectivity index (χ4n) is 2.44. The van der Waals surface area contributed by atoms with E-state index in [9.17, 15) is 19.2 Å². The Morgan fingerprint density at radius 2 is 1.68 bits per heavy atom. The topological polar surface area (TPSA) is 104 Å². The van der Waals surface area contributed by atoms with Gasteiger partial charge in [-0.05, 0) is 23.6 Å². The number of hydrogen-bond acceptors (Lipinski definition) is 4. The second kappa shape index (κ2) is 6.18. The maximum absolute atomic E-state index is 12.1. The summed E-state index contributed by atoms with van der Waals surface area (Å²) >= 11 is 16.1. The van der Waals surface area contributed by atoms with E-state index in [4.69, 9.17) is 34.8 Å². The number of halogens is 3. The molecule has 2 aromatic rings. The van der Waals surface area contributed by atoms with E-state index in [-0.39, 0.29) is 11.3 Å². The number of nitrogens with one attached hydrogen (secondary N) is 3. The fraction of sp³-hybridized carbons (Fsp3) is 0.0667. The highest BCUT2D eigenvalue weighted by atomic mass is 35.6. The molecule has 0 bridgehead atoms. The Morgan fingerprint density at radius 1 is 1.00 bits per heavy atom. The lowest BCUT2D eigenvalue weighted by atomic mass is 9.94. The maximum Gasteiger partial charge on any atom is 0.326 e. The smallest absolute Gasteiger partial charge is 0.308 e. The van der Waals surface area contributed by atoms with Gasteiger partial charge in [-0.1, -0.05) is 46.9 Å². The molecule has 3 rings (SSSR count). The van der Waals surface area contributed by atoms with E-state index in [2.05, 4.69) is 10.6 Å². The Hall–Kier alpha value is -2.35. The molecule has 0 saturated heterocycles. The Labute approximate surface area is 155 Å². The standard InChI is InChI=1S/C15H8Cl3N3O4/c16-15(17,18)13(24)21-14(25)19-7-4-6-2-1-3-8-10(6)9(5-7)12(23)20-11(8)22/h1-5H,(H,20,22,23)(H2,19,21,24,25). The van der Waals surface area contributed by atoms with Crippen LogP contribution >= 0.6 is 34.8 Å². The van der Waals surface area contributed by atoms with E-state index < -0.39 is 27.5 Å². The molecular weight excluding hydrogens is 393 g/mol. The molecule has 1 aliphatic rings. The van der Waals surface area contributed by atoms with Crippen LogP contribution in [-0.2, 0) is 4.79 Å². The molecule has 0 aliphatic carbocycles. The van der Waals surface area contributed by atoms with Crippen LogP contribution in [0.5, 0.6) is 0 Å². The van der Waals surface area contributed by atoms with E-state index in [1.807, 2.05) is 5.32 Å². The zero-order valence-electron chi connectivity index (χ0n) is 12.2. The number of imide groups is 2. The summed E-state index contributed by atoms with van der Waals surface area (Å²) in [5.74, 6) is -2.20. The van der Waals surface area contributed by atoms with Gasteiger partial charge in [0.15, 0.2) is 0 Å². The highest BCUT2D eigenvalue weighted by Gasteiger charge is 2.32. The van der Waals surface area contributed by atoms with Crippen LogP contribution < -0.4 is 16.0 Å². The number of amides is 5. The van der Waals surface area contributed by atoms with Crippen molar-refractivity contribution in [2.24, 2.45) is 0 Å². The van der Waals surface area contributed by atoms with Crippen LogP contribution in [0, 0.1) is 0 Å². The molecule has 1 aliphatic heterocycles. The zero-order valence-corrected chi connectivity index (χ0v) is 14.4. The number of benzene rings is 2. The van der Waals surface area contributed by atoms with E-state index in [0.29, 0.717) is 16.3 Å². The predicted molar refractivity (Wildman–Crippen MR) is 93.2 cm³/mol. The minimum atomic E-state index is -2.29. The Morgan fingerprint density at radius 3 is 2.36 bits per heavy atom. The van der Waals surface area contributed by atoms with Crippen molar-refractivity contribution in [3.8, 4) is 0 Å². The zero-order chi connectivity index (χ0) is 18.4. The third kappa shape index (κ3) is 3.39. The Balaban J connectivity index is 1.95. The van der Waals surface area contributed by atoms with Crippen molar-refractivity contribution in [2.75, 3.05) is 5.32 Å². The van der Waals surface area contributed by atoms with Crippen LogP contribution in [0.3, 0.4) is 0 Å². The van der Waals surface area contributed by atoms with E-state index in [1.54, 1.807) is 24.3 Å². The van der Waals surface area contributed by atoms with E-state index >= 15 is 0 Å². The summed E-state index contributed by atoms with van der Waals surface area (Å²) in [6.45, 7) is 0. The lowest BCUT2D eigenvalue weighted by molar-refractivity contribution is -0.119. The number of urea groups is 1. The first kappa shape index (κ1) is 17.5. The maximum atomic E-state index is 12.1. The Kier molecular flexibility index (Phi) is 4.32. The SMILES string of the molecule is O=C(NC(=O)C(Cl)(Cl)Cl)Nc1cc2c3c(cccc3c1)C(=O)NC2=O. The Bertz CT molecular complexity index is 953. The average Bonchev–Trinajstić information content (AvgIpc) is 2.51. The summed E-state index contributed by atoms with van der Waals surface area (Å²) in [6, 6.07) is 6.91. The normalized spacial score (nSPS) is 13.4. The molecule has 0 saturated carbocycles. The van der Waals surface area contributed by atoms with E-state index in [0.717, 1.165) is 0 Å². The molecule has 0 aromatic heterocycles. The minimum absolute atomic E-state index is 0.218. The van der Waals surface area contributed by atoms with Gasteiger partial charge in [-0.15, -0.1) is 0 Å². The first-order chi connectivity index (χ1) is 11.7. The van der Waals surface area contributed by atoms with Gasteiger partial charge in [0.1, 0.15) is 0 Å². The van der Waals surface area contributed by atoms with Crippen molar-refractivity contribution in [1.82, 2.24) is 10.6 Å². The quantitative estimate of drug-likeness (QED) is 0.506. The van der Waals surface area contributed by atoms with Gasteiger partial charge >= 0.3 is 6.03 Å². The number of alkyl halides is 3. The highest BCUT2D eigenvalue weighted by Crippen LogP contribution is 2.30. The van der Waals surface area contributed by atoms with Crippen molar-refractivity contribution < 1.29 is 19.2 Å². The van der Waals surface area contributed by atoms with Gasteiger partial charge in [-0.25, -0.2) is 4.79 Å². The van der Waals surface area contributed by atoms with Crippen LogP contribution in [0.1, 0.15) is 20.7 Å². The second-order valence-corrected chi connectivity index (χ2v) is 7.40. The lowest BCUT2D eigenvalue weighted by Gasteiger charge is -2.18. The van der Waals surface area contributed by atoms with Gasteiger partial charge in [0.25, 0.3) is 21.5 Å². The molecule has 0 radical (unpaired) electrons. The molecule has 7 nitrogen and oxygen atoms in total. The van der Waals surface area contributed by atoms with Crippen molar-refractivity contribution in [3.05, 3.63) is 41.5 Å².